The standard InChI is InChI=1S/C25H24F3N5O3/c26-25(27,28)19-6-7-22(29-15-19)36-20-4-1-3-17(13-20)18-14-24(35-16-18)8-11-33(12-9-24)23(34)31-21-5-2-10-30-32-21/h1-7,10,13,15,18H,8-9,11-12,14,16H2,(H,31,32,34)/t18-/m1/s1. The number of carbonyl (C=O) groups excluding carboxylic acids is 1. The molecule has 2 fully saturated rings. The number of alkyl halides is 3. The van der Waals surface area contributed by atoms with E-state index in [0.29, 0.717) is 31.3 Å². The number of halogens is 3. The van der Waals surface area contributed by atoms with E-state index in [2.05, 4.69) is 20.5 Å². The molecular weight excluding hydrogens is 475 g/mol. The molecule has 0 bridgehead atoms. The molecule has 1 atom stereocenters. The summed E-state index contributed by atoms with van der Waals surface area (Å²) in [4.78, 5) is 18.1. The summed E-state index contributed by atoms with van der Waals surface area (Å²) in [6.07, 6.45) is 0.121. The van der Waals surface area contributed by atoms with Gasteiger partial charge in [-0.2, -0.15) is 18.3 Å². The van der Waals surface area contributed by atoms with E-state index in [1.807, 2.05) is 18.2 Å². The van der Waals surface area contributed by atoms with Crippen molar-refractivity contribution in [2.24, 2.45) is 0 Å². The number of urea groups is 1. The molecule has 1 spiro atoms. The van der Waals surface area contributed by atoms with Crippen LogP contribution in [0.15, 0.2) is 60.9 Å². The number of nitrogens with zero attached hydrogens (tertiary/aromatic N) is 4. The third-order valence-corrected chi connectivity index (χ3v) is 6.59. The normalized spacial score (nSPS) is 19.3. The van der Waals surface area contributed by atoms with Gasteiger partial charge in [0.15, 0.2) is 5.82 Å². The van der Waals surface area contributed by atoms with E-state index in [1.165, 1.54) is 6.07 Å². The van der Waals surface area contributed by atoms with Crippen molar-refractivity contribution in [3.63, 3.8) is 0 Å². The lowest BCUT2D eigenvalue weighted by atomic mass is 9.83. The number of carbonyl (C=O) groups is 1. The van der Waals surface area contributed by atoms with E-state index in [9.17, 15) is 18.0 Å². The maximum absolute atomic E-state index is 12.8. The van der Waals surface area contributed by atoms with Gasteiger partial charge in [-0.1, -0.05) is 12.1 Å². The number of piperidine rings is 1. The van der Waals surface area contributed by atoms with Crippen molar-refractivity contribution in [3.05, 3.63) is 72.1 Å². The number of amides is 2. The van der Waals surface area contributed by atoms with Crippen LogP contribution in [0.1, 0.15) is 36.3 Å². The third-order valence-electron chi connectivity index (χ3n) is 6.59. The Bertz CT molecular complexity index is 1200. The summed E-state index contributed by atoms with van der Waals surface area (Å²) in [5.74, 6) is 1.14. The van der Waals surface area contributed by atoms with Crippen molar-refractivity contribution in [2.75, 3.05) is 25.0 Å². The maximum Gasteiger partial charge on any atom is 0.417 e. The number of nitrogens with one attached hydrogen (secondary N) is 1. The molecule has 1 N–H and O–H groups in total. The van der Waals surface area contributed by atoms with Crippen molar-refractivity contribution in [3.8, 4) is 11.6 Å². The number of pyridine rings is 1. The Hall–Kier alpha value is -3.73. The number of ether oxygens (including phenoxy) is 2. The lowest BCUT2D eigenvalue weighted by Gasteiger charge is -2.38. The lowest BCUT2D eigenvalue weighted by molar-refractivity contribution is -0.137. The van der Waals surface area contributed by atoms with Crippen LogP contribution in [0.4, 0.5) is 23.8 Å². The Balaban J connectivity index is 1.17. The number of likely N-dealkylation sites (tertiary alicyclic amines) is 1. The largest absolute Gasteiger partial charge is 0.439 e. The van der Waals surface area contributed by atoms with Gasteiger partial charge in [0.1, 0.15) is 5.75 Å². The van der Waals surface area contributed by atoms with Crippen molar-refractivity contribution >= 4 is 11.8 Å². The Kier molecular flexibility index (Phi) is 6.48. The highest BCUT2D eigenvalue weighted by molar-refractivity contribution is 5.88. The fraction of sp³-hybridized carbons (Fsp3) is 0.360. The molecule has 0 unspecified atom stereocenters. The van der Waals surface area contributed by atoms with Crippen LogP contribution in [0.3, 0.4) is 0 Å². The number of anilines is 1. The fourth-order valence-corrected chi connectivity index (χ4v) is 4.64. The van der Waals surface area contributed by atoms with Crippen LogP contribution in [-0.2, 0) is 10.9 Å². The molecule has 2 aliphatic rings. The van der Waals surface area contributed by atoms with Gasteiger partial charge >= 0.3 is 12.2 Å². The number of benzene rings is 1. The number of hydrogen-bond acceptors (Lipinski definition) is 6. The molecule has 2 aliphatic heterocycles. The zero-order chi connectivity index (χ0) is 25.2. The molecule has 0 aliphatic carbocycles. The molecule has 1 aromatic carbocycles. The van der Waals surface area contributed by atoms with E-state index in [4.69, 9.17) is 9.47 Å². The first-order chi connectivity index (χ1) is 17.3. The topological polar surface area (TPSA) is 89.5 Å². The minimum absolute atomic E-state index is 0.0893. The zero-order valence-electron chi connectivity index (χ0n) is 19.2. The second kappa shape index (κ2) is 9.73. The van der Waals surface area contributed by atoms with Gasteiger partial charge in [-0.25, -0.2) is 9.78 Å². The Morgan fingerprint density at radius 1 is 1.14 bits per heavy atom. The first-order valence-electron chi connectivity index (χ1n) is 11.6. The first-order valence-corrected chi connectivity index (χ1v) is 11.6. The first kappa shape index (κ1) is 24.0. The summed E-state index contributed by atoms with van der Waals surface area (Å²) in [6, 6.07) is 12.8. The lowest BCUT2D eigenvalue weighted by Crippen LogP contribution is -2.47. The molecule has 0 saturated carbocycles. The van der Waals surface area contributed by atoms with E-state index >= 15 is 0 Å². The van der Waals surface area contributed by atoms with Crippen LogP contribution in [0.25, 0.3) is 0 Å². The minimum atomic E-state index is -4.44. The summed E-state index contributed by atoms with van der Waals surface area (Å²) in [5, 5.41) is 10.4. The third kappa shape index (κ3) is 5.40. The number of rotatable bonds is 4. The summed E-state index contributed by atoms with van der Waals surface area (Å²) < 4.78 is 50.2. The highest BCUT2D eigenvalue weighted by Crippen LogP contribution is 2.43. The van der Waals surface area contributed by atoms with Crippen molar-refractivity contribution in [1.82, 2.24) is 20.1 Å². The molecule has 8 nitrogen and oxygen atoms in total. The summed E-state index contributed by atoms with van der Waals surface area (Å²) >= 11 is 0. The molecule has 3 aromatic rings. The Labute approximate surface area is 205 Å². The number of hydrogen-bond donors (Lipinski definition) is 1. The molecule has 2 saturated heterocycles. The minimum Gasteiger partial charge on any atom is -0.439 e. The molecule has 188 valence electrons. The molecule has 4 heterocycles. The molecule has 11 heteroatoms. The van der Waals surface area contributed by atoms with Crippen LogP contribution in [-0.4, -0.2) is 51.4 Å². The predicted molar refractivity (Wildman–Crippen MR) is 124 cm³/mol. The summed E-state index contributed by atoms with van der Waals surface area (Å²) in [5.41, 5.74) is -0.0896. The molecule has 5 rings (SSSR count). The van der Waals surface area contributed by atoms with Crippen LogP contribution in [0.2, 0.25) is 0 Å². The van der Waals surface area contributed by atoms with Gasteiger partial charge in [-0.3, -0.25) is 5.32 Å². The van der Waals surface area contributed by atoms with Gasteiger partial charge in [0, 0.05) is 37.5 Å². The second-order valence-corrected chi connectivity index (χ2v) is 8.98. The summed E-state index contributed by atoms with van der Waals surface area (Å²) in [6.45, 7) is 1.69. The number of aromatic nitrogens is 3. The predicted octanol–water partition coefficient (Wildman–Crippen LogP) is 5.25. The molecule has 36 heavy (non-hydrogen) atoms. The molecular formula is C25H24F3N5O3. The molecule has 0 radical (unpaired) electrons. The Morgan fingerprint density at radius 3 is 2.67 bits per heavy atom. The van der Waals surface area contributed by atoms with Gasteiger partial charge in [-0.15, -0.1) is 5.10 Å². The highest BCUT2D eigenvalue weighted by Gasteiger charge is 2.44. The molecule has 2 aromatic heterocycles. The van der Waals surface area contributed by atoms with Gasteiger partial charge < -0.3 is 14.4 Å². The van der Waals surface area contributed by atoms with Crippen molar-refractivity contribution < 1.29 is 27.4 Å². The van der Waals surface area contributed by atoms with Gasteiger partial charge in [-0.05, 0) is 55.2 Å². The van der Waals surface area contributed by atoms with E-state index in [0.717, 1.165) is 37.1 Å². The quantitative estimate of drug-likeness (QED) is 0.527. The Morgan fingerprint density at radius 2 is 1.97 bits per heavy atom. The van der Waals surface area contributed by atoms with Crippen molar-refractivity contribution in [1.29, 1.82) is 0 Å². The SMILES string of the molecule is O=C(Nc1cccnn1)N1CCC2(CC1)C[C@@H](c1cccc(Oc3ccc(C(F)(F)F)cn3)c1)CO2. The smallest absolute Gasteiger partial charge is 0.417 e. The van der Waals surface area contributed by atoms with Gasteiger partial charge in [0.2, 0.25) is 5.88 Å². The van der Waals surface area contributed by atoms with Crippen LogP contribution < -0.4 is 10.1 Å². The zero-order valence-corrected chi connectivity index (χ0v) is 19.2. The van der Waals surface area contributed by atoms with E-state index in [-0.39, 0.29) is 23.4 Å². The second-order valence-electron chi connectivity index (χ2n) is 8.98. The fourth-order valence-electron chi connectivity index (χ4n) is 4.64. The van der Waals surface area contributed by atoms with Crippen LogP contribution in [0, 0.1) is 0 Å². The average Bonchev–Trinajstić information content (AvgIpc) is 3.28. The molecule has 2 amide bonds. The van der Waals surface area contributed by atoms with E-state index in [1.54, 1.807) is 29.3 Å². The van der Waals surface area contributed by atoms with Crippen molar-refractivity contribution in [2.45, 2.75) is 37.0 Å². The van der Waals surface area contributed by atoms with E-state index < -0.39 is 11.7 Å². The van der Waals surface area contributed by atoms with Crippen LogP contribution >= 0.6 is 0 Å². The summed E-state index contributed by atoms with van der Waals surface area (Å²) in [7, 11) is 0. The monoisotopic (exact) mass is 499 g/mol. The van der Waals surface area contributed by atoms with Gasteiger partial charge in [0.05, 0.1) is 17.8 Å². The highest BCUT2D eigenvalue weighted by atomic mass is 19.4. The average molecular weight is 499 g/mol. The van der Waals surface area contributed by atoms with Gasteiger partial charge in [0.25, 0.3) is 0 Å². The van der Waals surface area contributed by atoms with Crippen LogP contribution in [0.5, 0.6) is 11.6 Å². The maximum atomic E-state index is 12.8.